The molecular formula is C16H20N6. The van der Waals surface area contributed by atoms with Crippen LogP contribution in [0.5, 0.6) is 0 Å². The van der Waals surface area contributed by atoms with Crippen LogP contribution in [0.2, 0.25) is 0 Å². The van der Waals surface area contributed by atoms with Crippen molar-refractivity contribution in [3.63, 3.8) is 0 Å². The minimum absolute atomic E-state index is 0.491. The summed E-state index contributed by atoms with van der Waals surface area (Å²) in [5.41, 5.74) is 0.707. The molecule has 3 aromatic rings. The smallest absolute Gasteiger partial charge is 0.207 e. The maximum absolute atomic E-state index is 4.58. The van der Waals surface area contributed by atoms with E-state index in [0.717, 1.165) is 16.6 Å². The summed E-state index contributed by atoms with van der Waals surface area (Å²) in [5.74, 6) is 0.890. The van der Waals surface area contributed by atoms with Crippen LogP contribution < -0.4 is 5.32 Å². The summed E-state index contributed by atoms with van der Waals surface area (Å²) < 4.78 is 1.52. The second-order valence-corrected chi connectivity index (χ2v) is 6.07. The highest BCUT2D eigenvalue weighted by molar-refractivity contribution is 5.99. The SMILES string of the molecule is c1ccc2c(c1)c(NC1CCCCCCC1)nn1nnnc21. The lowest BCUT2D eigenvalue weighted by atomic mass is 9.96. The number of fused-ring (bicyclic) bond motifs is 3. The predicted octanol–water partition coefficient (Wildman–Crippen LogP) is 3.20. The van der Waals surface area contributed by atoms with Gasteiger partial charge in [0.1, 0.15) is 0 Å². The molecule has 2 aromatic heterocycles. The molecule has 1 saturated carbocycles. The lowest BCUT2D eigenvalue weighted by molar-refractivity contribution is 0.470. The van der Waals surface area contributed by atoms with E-state index in [0.29, 0.717) is 11.7 Å². The predicted molar refractivity (Wildman–Crippen MR) is 85.8 cm³/mol. The van der Waals surface area contributed by atoms with Gasteiger partial charge in [0.2, 0.25) is 5.65 Å². The summed E-state index contributed by atoms with van der Waals surface area (Å²) in [4.78, 5) is 0. The van der Waals surface area contributed by atoms with Gasteiger partial charge in [0.25, 0.3) is 0 Å². The number of benzene rings is 1. The third kappa shape index (κ3) is 2.49. The quantitative estimate of drug-likeness (QED) is 0.786. The average Bonchev–Trinajstić information content (AvgIpc) is 2.98. The molecule has 0 bridgehead atoms. The Morgan fingerprint density at radius 3 is 2.50 bits per heavy atom. The highest BCUT2D eigenvalue weighted by atomic mass is 15.6. The van der Waals surface area contributed by atoms with Crippen LogP contribution in [0, 0.1) is 0 Å². The van der Waals surface area contributed by atoms with E-state index in [4.69, 9.17) is 0 Å². The van der Waals surface area contributed by atoms with Gasteiger partial charge >= 0.3 is 0 Å². The van der Waals surface area contributed by atoms with Crippen LogP contribution in [0.4, 0.5) is 5.82 Å². The molecular weight excluding hydrogens is 276 g/mol. The summed E-state index contributed by atoms with van der Waals surface area (Å²) in [7, 11) is 0. The molecule has 114 valence electrons. The molecule has 6 nitrogen and oxygen atoms in total. The summed E-state index contributed by atoms with van der Waals surface area (Å²) in [6, 6.07) is 8.67. The molecule has 1 fully saturated rings. The van der Waals surface area contributed by atoms with Gasteiger partial charge in [-0.05, 0) is 23.3 Å². The van der Waals surface area contributed by atoms with Crippen molar-refractivity contribution in [2.45, 2.75) is 51.0 Å². The van der Waals surface area contributed by atoms with Gasteiger partial charge in [0, 0.05) is 16.8 Å². The molecule has 1 N–H and O–H groups in total. The molecule has 0 radical (unpaired) electrons. The average molecular weight is 296 g/mol. The number of aromatic nitrogens is 5. The topological polar surface area (TPSA) is 68.0 Å². The van der Waals surface area contributed by atoms with Gasteiger partial charge in [-0.1, -0.05) is 56.4 Å². The third-order valence-corrected chi connectivity index (χ3v) is 4.52. The Bertz CT molecular complexity index is 773. The number of hydrogen-bond acceptors (Lipinski definition) is 5. The number of rotatable bonds is 2. The van der Waals surface area contributed by atoms with Crippen molar-refractivity contribution in [2.24, 2.45) is 0 Å². The van der Waals surface area contributed by atoms with E-state index in [1.165, 1.54) is 49.6 Å². The van der Waals surface area contributed by atoms with Crippen LogP contribution >= 0.6 is 0 Å². The zero-order chi connectivity index (χ0) is 14.8. The lowest BCUT2D eigenvalue weighted by Gasteiger charge is -2.22. The fraction of sp³-hybridized carbons (Fsp3) is 0.500. The minimum atomic E-state index is 0.491. The van der Waals surface area contributed by atoms with E-state index < -0.39 is 0 Å². The monoisotopic (exact) mass is 296 g/mol. The molecule has 1 aliphatic rings. The van der Waals surface area contributed by atoms with Gasteiger partial charge < -0.3 is 5.32 Å². The molecule has 0 spiro atoms. The molecule has 1 aromatic carbocycles. The highest BCUT2D eigenvalue weighted by Crippen LogP contribution is 2.26. The van der Waals surface area contributed by atoms with Crippen molar-refractivity contribution in [1.82, 2.24) is 25.3 Å². The molecule has 6 heteroatoms. The minimum Gasteiger partial charge on any atom is -0.365 e. The Morgan fingerprint density at radius 1 is 0.955 bits per heavy atom. The number of nitrogens with one attached hydrogen (secondary N) is 1. The molecule has 0 atom stereocenters. The van der Waals surface area contributed by atoms with Gasteiger partial charge in [0.05, 0.1) is 0 Å². The second-order valence-electron chi connectivity index (χ2n) is 6.07. The molecule has 0 unspecified atom stereocenters. The largest absolute Gasteiger partial charge is 0.365 e. The molecule has 1 aliphatic carbocycles. The summed E-state index contributed by atoms with van der Waals surface area (Å²) in [5, 5.41) is 22.1. The number of nitrogens with zero attached hydrogens (tertiary/aromatic N) is 5. The Kier molecular flexibility index (Phi) is 3.58. The fourth-order valence-electron chi connectivity index (χ4n) is 3.35. The fourth-order valence-corrected chi connectivity index (χ4v) is 3.35. The molecule has 22 heavy (non-hydrogen) atoms. The Balaban J connectivity index is 1.72. The van der Waals surface area contributed by atoms with Crippen molar-refractivity contribution in [3.8, 4) is 0 Å². The summed E-state index contributed by atoms with van der Waals surface area (Å²) in [6.45, 7) is 0. The first kappa shape index (κ1) is 13.4. The first-order valence-corrected chi connectivity index (χ1v) is 8.15. The second kappa shape index (κ2) is 5.87. The normalized spacial score (nSPS) is 17.5. The first-order chi connectivity index (χ1) is 10.9. The van der Waals surface area contributed by atoms with E-state index >= 15 is 0 Å². The Morgan fingerprint density at radius 2 is 1.68 bits per heavy atom. The Labute approximate surface area is 128 Å². The van der Waals surface area contributed by atoms with Crippen molar-refractivity contribution >= 4 is 22.2 Å². The number of tetrazole rings is 1. The zero-order valence-electron chi connectivity index (χ0n) is 12.6. The van der Waals surface area contributed by atoms with E-state index in [2.05, 4.69) is 32.0 Å². The van der Waals surface area contributed by atoms with Crippen molar-refractivity contribution in [3.05, 3.63) is 24.3 Å². The van der Waals surface area contributed by atoms with E-state index in [1.54, 1.807) is 0 Å². The van der Waals surface area contributed by atoms with Crippen LogP contribution in [-0.4, -0.2) is 31.3 Å². The maximum Gasteiger partial charge on any atom is 0.207 e. The van der Waals surface area contributed by atoms with Gasteiger partial charge in [0.15, 0.2) is 5.82 Å². The van der Waals surface area contributed by atoms with Crippen molar-refractivity contribution < 1.29 is 0 Å². The van der Waals surface area contributed by atoms with Crippen LogP contribution in [-0.2, 0) is 0 Å². The van der Waals surface area contributed by atoms with Crippen LogP contribution in [0.1, 0.15) is 44.9 Å². The van der Waals surface area contributed by atoms with Gasteiger partial charge in [-0.2, -0.15) is 0 Å². The van der Waals surface area contributed by atoms with Gasteiger partial charge in [-0.3, -0.25) is 0 Å². The van der Waals surface area contributed by atoms with Crippen molar-refractivity contribution in [1.29, 1.82) is 0 Å². The molecule has 0 aliphatic heterocycles. The van der Waals surface area contributed by atoms with Crippen LogP contribution in [0.15, 0.2) is 24.3 Å². The first-order valence-electron chi connectivity index (χ1n) is 8.15. The van der Waals surface area contributed by atoms with E-state index in [9.17, 15) is 0 Å². The van der Waals surface area contributed by atoms with Crippen LogP contribution in [0.3, 0.4) is 0 Å². The summed E-state index contributed by atoms with van der Waals surface area (Å²) >= 11 is 0. The third-order valence-electron chi connectivity index (χ3n) is 4.52. The Hall–Kier alpha value is -2.24. The molecule has 0 saturated heterocycles. The highest BCUT2D eigenvalue weighted by Gasteiger charge is 2.15. The van der Waals surface area contributed by atoms with E-state index in [-0.39, 0.29) is 0 Å². The molecule has 2 heterocycles. The molecule has 4 rings (SSSR count). The standard InChI is InChI=1S/C16H20N6/c1-2-4-8-12(9-5-3-1)17-15-13-10-6-7-11-14(13)16-18-20-21-22(16)19-15/h6-7,10-12H,1-5,8-9H2,(H,17,19). The lowest BCUT2D eigenvalue weighted by Crippen LogP contribution is -2.22. The van der Waals surface area contributed by atoms with Gasteiger partial charge in [-0.15, -0.1) is 14.8 Å². The van der Waals surface area contributed by atoms with Gasteiger partial charge in [-0.25, -0.2) is 0 Å². The van der Waals surface area contributed by atoms with E-state index in [1.807, 2.05) is 18.2 Å². The summed E-state index contributed by atoms with van der Waals surface area (Å²) in [6.07, 6.45) is 9.08. The number of anilines is 1. The van der Waals surface area contributed by atoms with Crippen molar-refractivity contribution in [2.75, 3.05) is 5.32 Å². The number of hydrogen-bond donors (Lipinski definition) is 1. The maximum atomic E-state index is 4.58. The van der Waals surface area contributed by atoms with Crippen LogP contribution in [0.25, 0.3) is 16.4 Å². The molecule has 0 amide bonds. The zero-order valence-corrected chi connectivity index (χ0v) is 12.6.